The zero-order valence-corrected chi connectivity index (χ0v) is 14.8. The summed E-state index contributed by atoms with van der Waals surface area (Å²) in [6.07, 6.45) is -3.88. The summed E-state index contributed by atoms with van der Waals surface area (Å²) in [4.78, 5) is 15.0. The number of carbonyl (C=O) groups excluding carboxylic acids is 1. The maximum Gasteiger partial charge on any atom is 0.422 e. The number of nitrogens with one attached hydrogen (secondary N) is 1. The fourth-order valence-corrected chi connectivity index (χ4v) is 3.93. The molecular weight excluding hydrogens is 406 g/mol. The van der Waals surface area contributed by atoms with Crippen molar-refractivity contribution in [2.75, 3.05) is 22.8 Å². The second kappa shape index (κ2) is 7.26. The van der Waals surface area contributed by atoms with Crippen LogP contribution in [0.3, 0.4) is 0 Å². The highest BCUT2D eigenvalue weighted by atomic mass is 32.2. The Labute approximate surface area is 157 Å². The Morgan fingerprint density at radius 2 is 1.96 bits per heavy atom. The minimum atomic E-state index is -4.56. The summed E-state index contributed by atoms with van der Waals surface area (Å²) in [6.45, 7) is -1.77. The van der Waals surface area contributed by atoms with E-state index in [1.807, 2.05) is 0 Å². The van der Waals surface area contributed by atoms with Gasteiger partial charge in [-0.15, -0.1) is 0 Å². The van der Waals surface area contributed by atoms with Gasteiger partial charge in [-0.1, -0.05) is 0 Å². The molecule has 0 fully saturated rings. The van der Waals surface area contributed by atoms with Gasteiger partial charge in [-0.2, -0.15) is 13.2 Å². The van der Waals surface area contributed by atoms with Gasteiger partial charge in [-0.3, -0.25) is 9.10 Å². The number of fused-ring (bicyclic) bond motifs is 1. The first-order valence-corrected chi connectivity index (χ1v) is 9.28. The monoisotopic (exact) mass is 419 g/mol. The van der Waals surface area contributed by atoms with E-state index in [0.717, 1.165) is 34.8 Å². The van der Waals surface area contributed by atoms with Crippen molar-refractivity contribution >= 4 is 27.3 Å². The van der Waals surface area contributed by atoms with Crippen molar-refractivity contribution < 1.29 is 35.5 Å². The average molecular weight is 419 g/mol. The van der Waals surface area contributed by atoms with Crippen LogP contribution in [0.4, 0.5) is 28.9 Å². The van der Waals surface area contributed by atoms with Crippen LogP contribution in [0.5, 0.6) is 5.88 Å². The summed E-state index contributed by atoms with van der Waals surface area (Å²) < 4.78 is 81.3. The topological polar surface area (TPSA) is 88.6 Å². The Bertz CT molecular complexity index is 994. The Morgan fingerprint density at radius 3 is 2.61 bits per heavy atom. The van der Waals surface area contributed by atoms with Crippen LogP contribution in [0.1, 0.15) is 6.42 Å². The number of sulfonamides is 1. The third-order valence-electron chi connectivity index (χ3n) is 3.72. The third-order valence-corrected chi connectivity index (χ3v) is 5.52. The smallest absolute Gasteiger partial charge is 0.422 e. The quantitative estimate of drug-likeness (QED) is 0.770. The number of hydrogen-bond acceptors (Lipinski definition) is 5. The minimum Gasteiger partial charge on any atom is -0.468 e. The number of pyridine rings is 1. The molecule has 0 saturated carbocycles. The third kappa shape index (κ3) is 4.32. The van der Waals surface area contributed by atoms with E-state index in [1.165, 1.54) is 6.07 Å². The van der Waals surface area contributed by atoms with E-state index in [-0.39, 0.29) is 29.2 Å². The number of benzene rings is 1. The average Bonchev–Trinajstić information content (AvgIpc) is 2.77. The van der Waals surface area contributed by atoms with Gasteiger partial charge in [0, 0.05) is 19.0 Å². The van der Waals surface area contributed by atoms with Crippen molar-refractivity contribution in [1.82, 2.24) is 4.98 Å². The van der Waals surface area contributed by atoms with Crippen molar-refractivity contribution in [3.05, 3.63) is 42.3 Å². The Morgan fingerprint density at radius 1 is 1.21 bits per heavy atom. The summed E-state index contributed by atoms with van der Waals surface area (Å²) >= 11 is 0. The molecular formula is C16H13F4N3O4S. The van der Waals surface area contributed by atoms with Gasteiger partial charge in [0.05, 0.1) is 17.6 Å². The first-order valence-electron chi connectivity index (χ1n) is 7.84. The Hall–Kier alpha value is -2.89. The summed E-state index contributed by atoms with van der Waals surface area (Å²) in [5.41, 5.74) is 0.0498. The van der Waals surface area contributed by atoms with Crippen molar-refractivity contribution in [2.24, 2.45) is 0 Å². The number of hydrogen-bond donors (Lipinski definition) is 1. The summed E-state index contributed by atoms with van der Waals surface area (Å²) in [7, 11) is -4.22. The van der Waals surface area contributed by atoms with Gasteiger partial charge in [0.1, 0.15) is 10.7 Å². The Balaban J connectivity index is 1.91. The van der Waals surface area contributed by atoms with E-state index < -0.39 is 40.4 Å². The highest BCUT2D eigenvalue weighted by Crippen LogP contribution is 2.33. The lowest BCUT2D eigenvalue weighted by Crippen LogP contribution is -2.32. The van der Waals surface area contributed by atoms with Gasteiger partial charge in [0.15, 0.2) is 6.61 Å². The van der Waals surface area contributed by atoms with Gasteiger partial charge >= 0.3 is 6.18 Å². The number of anilines is 2. The van der Waals surface area contributed by atoms with Crippen LogP contribution >= 0.6 is 0 Å². The normalized spacial score (nSPS) is 14.9. The molecule has 0 atom stereocenters. The van der Waals surface area contributed by atoms with Crippen molar-refractivity contribution in [1.29, 1.82) is 0 Å². The molecule has 1 amide bonds. The van der Waals surface area contributed by atoms with Crippen LogP contribution in [0, 0.1) is 5.82 Å². The number of nitrogens with zero attached hydrogens (tertiary/aromatic N) is 2. The zero-order valence-electron chi connectivity index (χ0n) is 14.0. The number of ether oxygens (including phenoxy) is 1. The van der Waals surface area contributed by atoms with E-state index in [4.69, 9.17) is 0 Å². The second-order valence-electron chi connectivity index (χ2n) is 5.77. The maximum absolute atomic E-state index is 13.5. The molecule has 2 heterocycles. The molecule has 0 radical (unpaired) electrons. The largest absolute Gasteiger partial charge is 0.468 e. The minimum absolute atomic E-state index is 0.0100. The summed E-state index contributed by atoms with van der Waals surface area (Å²) in [6, 6.07) is 5.28. The van der Waals surface area contributed by atoms with Crippen LogP contribution in [-0.4, -0.2) is 38.6 Å². The van der Waals surface area contributed by atoms with E-state index in [9.17, 15) is 30.8 Å². The van der Waals surface area contributed by atoms with Crippen LogP contribution in [0.2, 0.25) is 0 Å². The van der Waals surface area contributed by atoms with Crippen LogP contribution in [0.25, 0.3) is 0 Å². The fraction of sp³-hybridized carbons (Fsp3) is 0.250. The zero-order chi connectivity index (χ0) is 20.5. The van der Waals surface area contributed by atoms with Gasteiger partial charge in [0.25, 0.3) is 10.0 Å². The van der Waals surface area contributed by atoms with Crippen LogP contribution < -0.4 is 14.4 Å². The fourth-order valence-electron chi connectivity index (χ4n) is 2.50. The van der Waals surface area contributed by atoms with Crippen LogP contribution in [0.15, 0.2) is 41.4 Å². The Kier molecular flexibility index (Phi) is 5.15. The van der Waals surface area contributed by atoms with E-state index in [2.05, 4.69) is 15.0 Å². The molecule has 2 aromatic rings. The number of halogens is 4. The molecule has 1 aromatic heterocycles. The van der Waals surface area contributed by atoms with Gasteiger partial charge in [-0.05, 0) is 24.3 Å². The number of rotatable bonds is 4. The molecule has 150 valence electrons. The van der Waals surface area contributed by atoms with Crippen molar-refractivity contribution in [2.45, 2.75) is 17.5 Å². The number of carbonyl (C=O) groups is 1. The van der Waals surface area contributed by atoms with Crippen molar-refractivity contribution in [3.63, 3.8) is 0 Å². The summed E-state index contributed by atoms with van der Waals surface area (Å²) in [5.74, 6) is -1.55. The second-order valence-corrected chi connectivity index (χ2v) is 7.64. The molecule has 0 bridgehead atoms. The standard InChI is InChI=1S/C16H13F4N3O4S/c17-10-1-3-13-12(7-10)22-14(24)5-6-23(13)28(25,26)11-2-4-15(21-8-11)27-9-16(18,19)20/h1-4,7-8H,5-6,9H2,(H,22,24). The predicted octanol–water partition coefficient (Wildman–Crippen LogP) is 2.70. The molecule has 3 rings (SSSR count). The highest BCUT2D eigenvalue weighted by molar-refractivity contribution is 7.92. The highest BCUT2D eigenvalue weighted by Gasteiger charge is 2.31. The molecule has 1 aliphatic heterocycles. The molecule has 1 N–H and O–H groups in total. The molecule has 0 spiro atoms. The first kappa shape index (κ1) is 19.9. The molecule has 0 saturated heterocycles. The lowest BCUT2D eigenvalue weighted by molar-refractivity contribution is -0.154. The molecule has 28 heavy (non-hydrogen) atoms. The van der Waals surface area contributed by atoms with Gasteiger partial charge in [0.2, 0.25) is 11.8 Å². The van der Waals surface area contributed by atoms with Gasteiger partial charge < -0.3 is 10.1 Å². The first-order chi connectivity index (χ1) is 13.1. The number of aromatic nitrogens is 1. The molecule has 1 aliphatic rings. The molecule has 12 heteroatoms. The molecule has 1 aromatic carbocycles. The van der Waals surface area contributed by atoms with E-state index in [1.54, 1.807) is 0 Å². The van der Waals surface area contributed by atoms with Crippen LogP contribution in [-0.2, 0) is 14.8 Å². The number of alkyl halides is 3. The van der Waals surface area contributed by atoms with E-state index in [0.29, 0.717) is 0 Å². The lowest BCUT2D eigenvalue weighted by Gasteiger charge is -2.23. The number of amides is 1. The summed E-state index contributed by atoms with van der Waals surface area (Å²) in [5, 5.41) is 2.43. The predicted molar refractivity (Wildman–Crippen MR) is 90.0 cm³/mol. The lowest BCUT2D eigenvalue weighted by atomic mass is 10.2. The maximum atomic E-state index is 13.5. The molecule has 0 aliphatic carbocycles. The van der Waals surface area contributed by atoms with Gasteiger partial charge in [-0.25, -0.2) is 17.8 Å². The molecule has 7 nitrogen and oxygen atoms in total. The SMILES string of the molecule is O=C1CCN(S(=O)(=O)c2ccc(OCC(F)(F)F)nc2)c2ccc(F)cc2N1. The van der Waals surface area contributed by atoms with Crippen molar-refractivity contribution in [3.8, 4) is 5.88 Å². The molecule has 0 unspecified atom stereocenters. The van der Waals surface area contributed by atoms with E-state index >= 15 is 0 Å².